The molecular weight excluding hydrogens is 262 g/mol. The molecule has 1 aliphatic carbocycles. The van der Waals surface area contributed by atoms with Crippen LogP contribution in [0.5, 0.6) is 0 Å². The second-order valence-corrected chi connectivity index (χ2v) is 5.64. The minimum atomic E-state index is -0.877. The summed E-state index contributed by atoms with van der Waals surface area (Å²) >= 11 is 6.15. The second-order valence-electron chi connectivity index (χ2n) is 5.23. The van der Waals surface area contributed by atoms with Gasteiger partial charge in [0.2, 0.25) is 0 Å². The molecule has 2 N–H and O–H groups in total. The first-order valence-electron chi connectivity index (χ1n) is 6.86. The van der Waals surface area contributed by atoms with Crippen molar-refractivity contribution in [2.24, 2.45) is 5.92 Å². The van der Waals surface area contributed by atoms with E-state index in [9.17, 15) is 9.90 Å². The minimum Gasteiger partial charge on any atom is -0.479 e. The molecule has 2 rings (SSSR count). The standard InChI is InChI=1S/C15H20ClNO2/c1-2-11-7-5-6-10-15(11,14(18)19)17-13-9-4-3-8-12(13)16/h3-4,8-9,11,17H,2,5-7,10H2,1H3,(H,18,19). The monoisotopic (exact) mass is 281 g/mol. The number of para-hydroxylation sites is 1. The van der Waals surface area contributed by atoms with Crippen molar-refractivity contribution in [3.8, 4) is 0 Å². The molecule has 1 aliphatic rings. The van der Waals surface area contributed by atoms with Gasteiger partial charge in [-0.2, -0.15) is 0 Å². The third-order valence-corrected chi connectivity index (χ3v) is 4.51. The van der Waals surface area contributed by atoms with Crippen molar-refractivity contribution in [2.45, 2.75) is 44.6 Å². The van der Waals surface area contributed by atoms with Gasteiger partial charge in [0, 0.05) is 0 Å². The van der Waals surface area contributed by atoms with Gasteiger partial charge >= 0.3 is 5.97 Å². The molecule has 2 unspecified atom stereocenters. The fourth-order valence-corrected chi connectivity index (χ4v) is 3.28. The fraction of sp³-hybridized carbons (Fsp3) is 0.533. The SMILES string of the molecule is CCC1CCCCC1(Nc1ccccc1Cl)C(=O)O. The number of nitrogens with one attached hydrogen (secondary N) is 1. The van der Waals surface area contributed by atoms with Gasteiger partial charge in [-0.3, -0.25) is 0 Å². The fourth-order valence-electron chi connectivity index (χ4n) is 3.10. The molecule has 1 saturated carbocycles. The van der Waals surface area contributed by atoms with E-state index in [1.54, 1.807) is 6.07 Å². The number of hydrogen-bond donors (Lipinski definition) is 2. The van der Waals surface area contributed by atoms with Crippen molar-refractivity contribution in [1.82, 2.24) is 0 Å². The Kier molecular flexibility index (Phi) is 4.35. The highest BCUT2D eigenvalue weighted by Gasteiger charge is 2.46. The maximum atomic E-state index is 11.9. The van der Waals surface area contributed by atoms with E-state index < -0.39 is 11.5 Å². The molecule has 0 heterocycles. The molecule has 0 amide bonds. The number of rotatable bonds is 4. The quantitative estimate of drug-likeness (QED) is 0.870. The van der Waals surface area contributed by atoms with E-state index in [0.29, 0.717) is 17.1 Å². The van der Waals surface area contributed by atoms with E-state index in [-0.39, 0.29) is 5.92 Å². The van der Waals surface area contributed by atoms with E-state index in [0.717, 1.165) is 25.7 Å². The van der Waals surface area contributed by atoms with Gasteiger partial charge in [0.15, 0.2) is 0 Å². The average molecular weight is 282 g/mol. The van der Waals surface area contributed by atoms with Crippen molar-refractivity contribution in [3.63, 3.8) is 0 Å². The van der Waals surface area contributed by atoms with Crippen molar-refractivity contribution in [2.75, 3.05) is 5.32 Å². The minimum absolute atomic E-state index is 0.148. The third-order valence-electron chi connectivity index (χ3n) is 4.18. The van der Waals surface area contributed by atoms with Gasteiger partial charge < -0.3 is 10.4 Å². The Hall–Kier alpha value is -1.22. The molecule has 0 aromatic heterocycles. The summed E-state index contributed by atoms with van der Waals surface area (Å²) in [6.07, 6.45) is 4.54. The second kappa shape index (κ2) is 5.83. The van der Waals surface area contributed by atoms with Crippen LogP contribution in [0, 0.1) is 5.92 Å². The molecule has 4 heteroatoms. The first-order valence-corrected chi connectivity index (χ1v) is 7.24. The number of anilines is 1. The first kappa shape index (κ1) is 14.2. The smallest absolute Gasteiger partial charge is 0.329 e. The van der Waals surface area contributed by atoms with E-state index in [4.69, 9.17) is 11.6 Å². The Labute approximate surface area is 119 Å². The highest BCUT2D eigenvalue weighted by molar-refractivity contribution is 6.33. The van der Waals surface area contributed by atoms with Gasteiger partial charge in [0.05, 0.1) is 10.7 Å². The molecule has 0 spiro atoms. The molecule has 1 fully saturated rings. The molecule has 1 aromatic carbocycles. The lowest BCUT2D eigenvalue weighted by atomic mass is 9.71. The van der Waals surface area contributed by atoms with Crippen molar-refractivity contribution >= 4 is 23.3 Å². The highest BCUT2D eigenvalue weighted by atomic mass is 35.5. The lowest BCUT2D eigenvalue weighted by Crippen LogP contribution is -2.54. The Morgan fingerprint density at radius 3 is 2.84 bits per heavy atom. The lowest BCUT2D eigenvalue weighted by molar-refractivity contribution is -0.145. The van der Waals surface area contributed by atoms with Gasteiger partial charge in [0.25, 0.3) is 0 Å². The van der Waals surface area contributed by atoms with Crippen LogP contribution in [0.2, 0.25) is 5.02 Å². The maximum Gasteiger partial charge on any atom is 0.329 e. The van der Waals surface area contributed by atoms with Crippen LogP contribution in [0.15, 0.2) is 24.3 Å². The van der Waals surface area contributed by atoms with E-state index >= 15 is 0 Å². The summed E-state index contributed by atoms with van der Waals surface area (Å²) in [5.41, 5.74) is -0.162. The zero-order valence-corrected chi connectivity index (χ0v) is 11.9. The predicted octanol–water partition coefficient (Wildman–Crippen LogP) is 4.18. The molecule has 19 heavy (non-hydrogen) atoms. The number of hydrogen-bond acceptors (Lipinski definition) is 2. The van der Waals surface area contributed by atoms with Crippen LogP contribution in [0.1, 0.15) is 39.0 Å². The van der Waals surface area contributed by atoms with Crippen molar-refractivity contribution < 1.29 is 9.90 Å². The molecular formula is C15H20ClNO2. The number of carbonyl (C=O) groups is 1. The largest absolute Gasteiger partial charge is 0.479 e. The normalized spacial score (nSPS) is 26.9. The summed E-state index contributed by atoms with van der Waals surface area (Å²) in [7, 11) is 0. The van der Waals surface area contributed by atoms with Gasteiger partial charge in [-0.1, -0.05) is 49.9 Å². The van der Waals surface area contributed by atoms with Gasteiger partial charge in [0.1, 0.15) is 5.54 Å². The number of benzene rings is 1. The Morgan fingerprint density at radius 1 is 1.47 bits per heavy atom. The maximum absolute atomic E-state index is 11.9. The molecule has 3 nitrogen and oxygen atoms in total. The van der Waals surface area contributed by atoms with Crippen LogP contribution < -0.4 is 5.32 Å². The van der Waals surface area contributed by atoms with Crippen LogP contribution in [-0.2, 0) is 4.79 Å². The Balaban J connectivity index is 2.34. The van der Waals surface area contributed by atoms with E-state index in [1.165, 1.54) is 0 Å². The third kappa shape index (κ3) is 2.71. The summed E-state index contributed by atoms with van der Waals surface area (Å²) in [5.74, 6) is -0.617. The lowest BCUT2D eigenvalue weighted by Gasteiger charge is -2.42. The molecule has 0 bridgehead atoms. The zero-order valence-electron chi connectivity index (χ0n) is 11.2. The number of halogens is 1. The Morgan fingerprint density at radius 2 is 2.21 bits per heavy atom. The average Bonchev–Trinajstić information content (AvgIpc) is 2.41. The summed E-state index contributed by atoms with van der Waals surface area (Å²) in [6, 6.07) is 7.34. The van der Waals surface area contributed by atoms with Crippen molar-refractivity contribution in [3.05, 3.63) is 29.3 Å². The summed E-state index contributed by atoms with van der Waals surface area (Å²) in [6.45, 7) is 2.06. The van der Waals surface area contributed by atoms with Crippen LogP contribution in [0.3, 0.4) is 0 Å². The van der Waals surface area contributed by atoms with Gasteiger partial charge in [-0.05, 0) is 30.9 Å². The van der Waals surface area contributed by atoms with Crippen LogP contribution in [0.25, 0.3) is 0 Å². The van der Waals surface area contributed by atoms with Crippen molar-refractivity contribution in [1.29, 1.82) is 0 Å². The number of carboxylic acids is 1. The molecule has 0 aliphatic heterocycles. The van der Waals surface area contributed by atoms with E-state index in [2.05, 4.69) is 12.2 Å². The summed E-state index contributed by atoms with van der Waals surface area (Å²) in [4.78, 5) is 11.9. The topological polar surface area (TPSA) is 49.3 Å². The molecule has 104 valence electrons. The van der Waals surface area contributed by atoms with Crippen LogP contribution in [-0.4, -0.2) is 16.6 Å². The van der Waals surface area contributed by atoms with Crippen LogP contribution in [0.4, 0.5) is 5.69 Å². The zero-order chi connectivity index (χ0) is 13.9. The summed E-state index contributed by atoms with van der Waals surface area (Å²) < 4.78 is 0. The molecule has 2 atom stereocenters. The summed E-state index contributed by atoms with van der Waals surface area (Å²) in [5, 5.41) is 13.5. The Bertz CT molecular complexity index is 463. The molecule has 0 radical (unpaired) electrons. The first-order chi connectivity index (χ1) is 9.10. The van der Waals surface area contributed by atoms with E-state index in [1.807, 2.05) is 18.2 Å². The number of aliphatic carboxylic acids is 1. The predicted molar refractivity (Wildman–Crippen MR) is 77.7 cm³/mol. The number of carboxylic acid groups (broad SMARTS) is 1. The van der Waals surface area contributed by atoms with Gasteiger partial charge in [-0.15, -0.1) is 0 Å². The molecule has 1 aromatic rings. The molecule has 0 saturated heterocycles. The highest BCUT2D eigenvalue weighted by Crippen LogP contribution is 2.40. The van der Waals surface area contributed by atoms with Crippen LogP contribution >= 0.6 is 11.6 Å². The van der Waals surface area contributed by atoms with Gasteiger partial charge in [-0.25, -0.2) is 4.79 Å².